The maximum Gasteiger partial charge on any atom is 0.224 e. The van der Waals surface area contributed by atoms with E-state index in [4.69, 9.17) is 9.47 Å². The summed E-state index contributed by atoms with van der Waals surface area (Å²) < 4.78 is 10.4. The zero-order chi connectivity index (χ0) is 18.6. The van der Waals surface area contributed by atoms with Gasteiger partial charge in [-0.1, -0.05) is 19.1 Å². The van der Waals surface area contributed by atoms with Gasteiger partial charge in [0.05, 0.1) is 26.2 Å². The fraction of sp³-hybridized carbons (Fsp3) is 0.600. The van der Waals surface area contributed by atoms with Crippen LogP contribution < -0.4 is 10.1 Å². The minimum absolute atomic E-state index is 0.0556. The molecule has 26 heavy (non-hydrogen) atoms. The van der Waals surface area contributed by atoms with E-state index in [2.05, 4.69) is 12.2 Å². The van der Waals surface area contributed by atoms with Crippen LogP contribution in [0, 0.1) is 11.3 Å². The average Bonchev–Trinajstić information content (AvgIpc) is 2.64. The van der Waals surface area contributed by atoms with Crippen molar-refractivity contribution in [3.63, 3.8) is 0 Å². The van der Waals surface area contributed by atoms with Gasteiger partial charge >= 0.3 is 0 Å². The molecule has 2 aliphatic rings. The number of amides is 2. The molecule has 2 heterocycles. The molecule has 0 bridgehead atoms. The molecule has 0 radical (unpaired) electrons. The van der Waals surface area contributed by atoms with Gasteiger partial charge in [-0.05, 0) is 30.5 Å². The molecule has 1 N–H and O–H groups in total. The van der Waals surface area contributed by atoms with Crippen LogP contribution in [-0.2, 0) is 20.7 Å². The van der Waals surface area contributed by atoms with Crippen LogP contribution in [0.3, 0.4) is 0 Å². The summed E-state index contributed by atoms with van der Waals surface area (Å²) in [4.78, 5) is 26.5. The first-order chi connectivity index (χ1) is 12.5. The van der Waals surface area contributed by atoms with Gasteiger partial charge < -0.3 is 19.7 Å². The number of ether oxygens (including phenoxy) is 2. The van der Waals surface area contributed by atoms with Gasteiger partial charge in [0.15, 0.2) is 0 Å². The second kappa shape index (κ2) is 8.08. The quantitative estimate of drug-likeness (QED) is 0.803. The van der Waals surface area contributed by atoms with E-state index in [1.54, 1.807) is 7.11 Å². The minimum atomic E-state index is -0.117. The van der Waals surface area contributed by atoms with Gasteiger partial charge in [-0.15, -0.1) is 0 Å². The largest absolute Gasteiger partial charge is 0.497 e. The first-order valence-corrected chi connectivity index (χ1v) is 9.25. The van der Waals surface area contributed by atoms with E-state index >= 15 is 0 Å². The van der Waals surface area contributed by atoms with E-state index in [-0.39, 0.29) is 23.1 Å². The van der Waals surface area contributed by atoms with Crippen molar-refractivity contribution in [1.82, 2.24) is 10.2 Å². The van der Waals surface area contributed by atoms with Crippen molar-refractivity contribution in [2.24, 2.45) is 11.3 Å². The van der Waals surface area contributed by atoms with Crippen molar-refractivity contribution in [3.05, 3.63) is 29.8 Å². The fourth-order valence-electron chi connectivity index (χ4n) is 3.40. The normalized spacial score (nSPS) is 21.8. The van der Waals surface area contributed by atoms with Crippen LogP contribution in [-0.4, -0.2) is 56.7 Å². The SMILES string of the molecule is COc1ccc(CCN2C[C@H](C(=O)NCC3(C)COC3)CCC2=O)cc1. The number of carbonyl (C=O) groups excluding carboxylic acids is 2. The standard InChI is InChI=1S/C20H28N2O4/c1-20(13-26-14-20)12-21-19(24)16-5-8-18(23)22(11-16)10-9-15-3-6-17(25-2)7-4-15/h3-4,6-7,16H,5,8-14H2,1-2H3,(H,21,24)/t16-/m1/s1. The Morgan fingerprint density at radius 1 is 1.35 bits per heavy atom. The van der Waals surface area contributed by atoms with E-state index in [9.17, 15) is 9.59 Å². The van der Waals surface area contributed by atoms with Gasteiger partial charge in [0, 0.05) is 31.5 Å². The molecule has 0 saturated carbocycles. The number of nitrogens with one attached hydrogen (secondary N) is 1. The molecular weight excluding hydrogens is 332 g/mol. The average molecular weight is 360 g/mol. The molecule has 0 aliphatic carbocycles. The number of likely N-dealkylation sites (tertiary alicyclic amines) is 1. The summed E-state index contributed by atoms with van der Waals surface area (Å²) >= 11 is 0. The lowest BCUT2D eigenvalue weighted by molar-refractivity contribution is -0.139. The molecule has 6 heteroatoms. The Hall–Kier alpha value is -2.08. The third kappa shape index (κ3) is 4.55. The number of piperidine rings is 1. The smallest absolute Gasteiger partial charge is 0.224 e. The van der Waals surface area contributed by atoms with E-state index in [1.807, 2.05) is 29.2 Å². The summed E-state index contributed by atoms with van der Waals surface area (Å²) in [5, 5.41) is 3.05. The zero-order valence-corrected chi connectivity index (χ0v) is 15.6. The Morgan fingerprint density at radius 2 is 2.08 bits per heavy atom. The molecule has 2 amide bonds. The Morgan fingerprint density at radius 3 is 2.69 bits per heavy atom. The highest BCUT2D eigenvalue weighted by Gasteiger charge is 2.35. The molecule has 2 saturated heterocycles. The zero-order valence-electron chi connectivity index (χ0n) is 15.6. The topological polar surface area (TPSA) is 67.9 Å². The Balaban J connectivity index is 1.48. The van der Waals surface area contributed by atoms with Gasteiger partial charge in [-0.2, -0.15) is 0 Å². The van der Waals surface area contributed by atoms with Crippen molar-refractivity contribution in [3.8, 4) is 5.75 Å². The minimum Gasteiger partial charge on any atom is -0.497 e. The van der Waals surface area contributed by atoms with Crippen molar-refractivity contribution < 1.29 is 19.1 Å². The van der Waals surface area contributed by atoms with Gasteiger partial charge in [-0.25, -0.2) is 0 Å². The summed E-state index contributed by atoms with van der Waals surface area (Å²) in [6.45, 7) is 5.30. The van der Waals surface area contributed by atoms with Gasteiger partial charge in [0.2, 0.25) is 11.8 Å². The van der Waals surface area contributed by atoms with Crippen LogP contribution in [0.4, 0.5) is 0 Å². The lowest BCUT2D eigenvalue weighted by Crippen LogP contribution is -2.52. The predicted molar refractivity (Wildman–Crippen MR) is 97.9 cm³/mol. The number of benzene rings is 1. The second-order valence-corrected chi connectivity index (χ2v) is 7.69. The Labute approximate surface area is 154 Å². The Kier molecular flexibility index (Phi) is 5.81. The third-order valence-electron chi connectivity index (χ3n) is 5.29. The monoisotopic (exact) mass is 360 g/mol. The van der Waals surface area contributed by atoms with Crippen molar-refractivity contribution in [2.45, 2.75) is 26.2 Å². The van der Waals surface area contributed by atoms with Gasteiger partial charge in [-0.3, -0.25) is 9.59 Å². The van der Waals surface area contributed by atoms with E-state index < -0.39 is 0 Å². The maximum atomic E-state index is 12.5. The van der Waals surface area contributed by atoms with Crippen LogP contribution in [0.2, 0.25) is 0 Å². The molecule has 142 valence electrons. The van der Waals surface area contributed by atoms with Crippen molar-refractivity contribution in [2.75, 3.05) is 40.0 Å². The number of hydrogen-bond acceptors (Lipinski definition) is 4. The summed E-state index contributed by atoms with van der Waals surface area (Å²) in [5.41, 5.74) is 1.22. The lowest BCUT2D eigenvalue weighted by Gasteiger charge is -2.39. The summed E-state index contributed by atoms with van der Waals surface area (Å²) in [5.74, 6) is 0.903. The van der Waals surface area contributed by atoms with E-state index in [0.29, 0.717) is 45.7 Å². The van der Waals surface area contributed by atoms with Crippen LogP contribution in [0.5, 0.6) is 5.75 Å². The molecule has 1 aromatic carbocycles. The molecule has 6 nitrogen and oxygen atoms in total. The molecular formula is C20H28N2O4. The highest BCUT2D eigenvalue weighted by molar-refractivity contribution is 5.83. The molecule has 1 atom stereocenters. The number of hydrogen-bond donors (Lipinski definition) is 1. The fourth-order valence-corrected chi connectivity index (χ4v) is 3.40. The highest BCUT2D eigenvalue weighted by atomic mass is 16.5. The first-order valence-electron chi connectivity index (χ1n) is 9.25. The van der Waals surface area contributed by atoms with Crippen LogP contribution in [0.15, 0.2) is 24.3 Å². The second-order valence-electron chi connectivity index (χ2n) is 7.69. The van der Waals surface area contributed by atoms with E-state index in [1.165, 1.54) is 0 Å². The molecule has 3 rings (SSSR count). The molecule has 2 fully saturated rings. The molecule has 0 unspecified atom stereocenters. The van der Waals surface area contributed by atoms with Gasteiger partial charge in [0.1, 0.15) is 5.75 Å². The molecule has 1 aromatic rings. The summed E-state index contributed by atoms with van der Waals surface area (Å²) in [6.07, 6.45) is 1.86. The number of rotatable bonds is 7. The summed E-state index contributed by atoms with van der Waals surface area (Å²) in [7, 11) is 1.64. The molecule has 0 aromatic heterocycles. The van der Waals surface area contributed by atoms with Crippen molar-refractivity contribution >= 4 is 11.8 Å². The summed E-state index contributed by atoms with van der Waals surface area (Å²) in [6, 6.07) is 7.88. The predicted octanol–water partition coefficient (Wildman–Crippen LogP) is 1.63. The van der Waals surface area contributed by atoms with Crippen LogP contribution in [0.1, 0.15) is 25.3 Å². The number of carbonyl (C=O) groups is 2. The first kappa shape index (κ1) is 18.7. The maximum absolute atomic E-state index is 12.5. The number of methoxy groups -OCH3 is 1. The molecule has 2 aliphatic heterocycles. The lowest BCUT2D eigenvalue weighted by atomic mass is 9.88. The van der Waals surface area contributed by atoms with Crippen LogP contribution >= 0.6 is 0 Å². The van der Waals surface area contributed by atoms with E-state index in [0.717, 1.165) is 17.7 Å². The Bertz CT molecular complexity index is 640. The van der Waals surface area contributed by atoms with Crippen molar-refractivity contribution in [1.29, 1.82) is 0 Å². The van der Waals surface area contributed by atoms with Crippen LogP contribution in [0.25, 0.3) is 0 Å². The third-order valence-corrected chi connectivity index (χ3v) is 5.29. The number of nitrogens with zero attached hydrogens (tertiary/aromatic N) is 1. The highest BCUT2D eigenvalue weighted by Crippen LogP contribution is 2.26. The van der Waals surface area contributed by atoms with Gasteiger partial charge in [0.25, 0.3) is 0 Å². The molecule has 0 spiro atoms.